The van der Waals surface area contributed by atoms with Crippen LogP contribution in [0.5, 0.6) is 0 Å². The first kappa shape index (κ1) is 16.0. The second-order valence-corrected chi connectivity index (χ2v) is 5.41. The molecule has 0 spiro atoms. The summed E-state index contributed by atoms with van der Waals surface area (Å²) in [6.07, 6.45) is 0.338. The van der Waals surface area contributed by atoms with E-state index in [-0.39, 0.29) is 11.5 Å². The van der Waals surface area contributed by atoms with Crippen LogP contribution in [0.15, 0.2) is 42.5 Å². The summed E-state index contributed by atoms with van der Waals surface area (Å²) < 4.78 is 39.5. The van der Waals surface area contributed by atoms with E-state index in [1.165, 1.54) is 29.2 Å². The molecular weight excluding hydrogens is 321 g/mol. The van der Waals surface area contributed by atoms with Gasteiger partial charge in [0.25, 0.3) is 5.91 Å². The number of benzene rings is 2. The quantitative estimate of drug-likeness (QED) is 0.938. The molecule has 3 rings (SSSR count). The van der Waals surface area contributed by atoms with Gasteiger partial charge in [0, 0.05) is 18.3 Å². The third-order valence-corrected chi connectivity index (χ3v) is 3.82. The lowest BCUT2D eigenvalue weighted by atomic mass is 10.1. The number of rotatable bonds is 3. The standard InChI is InChI=1S/C17H13F3N2O2/c18-10-1-4-12(5-2-10)22-8-7-15(17(22)24)21-16(23)13-6-3-11(19)9-14(13)20/h1-6,9,15H,7-8H2,(H,21,23). The van der Waals surface area contributed by atoms with Gasteiger partial charge in [-0.1, -0.05) is 0 Å². The minimum atomic E-state index is -0.992. The third kappa shape index (κ3) is 3.10. The number of carbonyl (C=O) groups excluding carboxylic acids is 2. The predicted molar refractivity (Wildman–Crippen MR) is 81.0 cm³/mol. The van der Waals surface area contributed by atoms with E-state index in [0.717, 1.165) is 12.1 Å². The first-order valence-corrected chi connectivity index (χ1v) is 7.28. The van der Waals surface area contributed by atoms with Crippen LogP contribution < -0.4 is 10.2 Å². The Hall–Kier alpha value is -2.83. The van der Waals surface area contributed by atoms with E-state index in [2.05, 4.69) is 5.32 Å². The summed E-state index contributed by atoms with van der Waals surface area (Å²) in [5, 5.41) is 2.45. The second kappa shape index (κ2) is 6.35. The molecule has 0 radical (unpaired) electrons. The van der Waals surface area contributed by atoms with Crippen LogP contribution in [0.3, 0.4) is 0 Å². The minimum Gasteiger partial charge on any atom is -0.340 e. The molecule has 4 nitrogen and oxygen atoms in total. The molecule has 1 heterocycles. The van der Waals surface area contributed by atoms with E-state index in [1.54, 1.807) is 0 Å². The van der Waals surface area contributed by atoms with Crippen LogP contribution in [0.25, 0.3) is 0 Å². The average Bonchev–Trinajstić information content (AvgIpc) is 2.89. The smallest absolute Gasteiger partial charge is 0.254 e. The molecule has 1 saturated heterocycles. The van der Waals surface area contributed by atoms with Gasteiger partial charge in [-0.25, -0.2) is 13.2 Å². The Bertz CT molecular complexity index is 793. The summed E-state index contributed by atoms with van der Waals surface area (Å²) in [6.45, 7) is 0.349. The first-order valence-electron chi connectivity index (χ1n) is 7.28. The Labute approximate surface area is 135 Å². The van der Waals surface area contributed by atoms with Crippen molar-refractivity contribution in [1.82, 2.24) is 5.32 Å². The normalized spacial score (nSPS) is 17.2. The number of amides is 2. The van der Waals surface area contributed by atoms with E-state index in [4.69, 9.17) is 0 Å². The van der Waals surface area contributed by atoms with Crippen LogP contribution >= 0.6 is 0 Å². The maximum atomic E-state index is 13.6. The van der Waals surface area contributed by atoms with Gasteiger partial charge < -0.3 is 10.2 Å². The summed E-state index contributed by atoms with van der Waals surface area (Å²) in [5.74, 6) is -3.34. The van der Waals surface area contributed by atoms with Crippen LogP contribution in [0.4, 0.5) is 18.9 Å². The molecule has 0 aromatic heterocycles. The number of nitrogens with zero attached hydrogens (tertiary/aromatic N) is 1. The molecule has 24 heavy (non-hydrogen) atoms. The van der Waals surface area contributed by atoms with Crippen molar-refractivity contribution in [3.8, 4) is 0 Å². The van der Waals surface area contributed by atoms with Crippen molar-refractivity contribution in [2.24, 2.45) is 0 Å². The zero-order valence-corrected chi connectivity index (χ0v) is 12.4. The van der Waals surface area contributed by atoms with Crippen molar-refractivity contribution < 1.29 is 22.8 Å². The zero-order valence-electron chi connectivity index (χ0n) is 12.4. The minimum absolute atomic E-state index is 0.329. The molecule has 1 aliphatic rings. The molecule has 2 amide bonds. The van der Waals surface area contributed by atoms with Crippen LogP contribution in [-0.4, -0.2) is 24.4 Å². The lowest BCUT2D eigenvalue weighted by molar-refractivity contribution is -0.118. The van der Waals surface area contributed by atoms with Crippen molar-refractivity contribution in [2.75, 3.05) is 11.4 Å². The van der Waals surface area contributed by atoms with Crippen molar-refractivity contribution in [3.63, 3.8) is 0 Å². The Balaban J connectivity index is 1.71. The Morgan fingerprint density at radius 2 is 1.71 bits per heavy atom. The lowest BCUT2D eigenvalue weighted by Crippen LogP contribution is -2.41. The summed E-state index contributed by atoms with van der Waals surface area (Å²) in [6, 6.07) is 7.21. The van der Waals surface area contributed by atoms with Gasteiger partial charge in [0.1, 0.15) is 23.5 Å². The van der Waals surface area contributed by atoms with E-state index in [1.807, 2.05) is 0 Å². The van der Waals surface area contributed by atoms with E-state index in [0.29, 0.717) is 24.7 Å². The summed E-state index contributed by atoms with van der Waals surface area (Å²) >= 11 is 0. The SMILES string of the molecule is O=C(NC1CCN(c2ccc(F)cc2)C1=O)c1ccc(F)cc1F. The molecule has 1 aliphatic heterocycles. The predicted octanol–water partition coefficient (Wildman–Crippen LogP) is 2.64. The van der Waals surface area contributed by atoms with Crippen molar-refractivity contribution in [2.45, 2.75) is 12.5 Å². The number of carbonyl (C=O) groups is 2. The molecule has 7 heteroatoms. The number of hydrogen-bond donors (Lipinski definition) is 1. The summed E-state index contributed by atoms with van der Waals surface area (Å²) in [5.41, 5.74) is 0.190. The van der Waals surface area contributed by atoms with Gasteiger partial charge >= 0.3 is 0 Å². The molecule has 1 unspecified atom stereocenters. The molecule has 1 fully saturated rings. The highest BCUT2D eigenvalue weighted by molar-refractivity contribution is 6.03. The van der Waals surface area contributed by atoms with Gasteiger partial charge in [0.05, 0.1) is 5.56 Å². The fourth-order valence-corrected chi connectivity index (χ4v) is 2.60. The molecule has 2 aromatic rings. The zero-order chi connectivity index (χ0) is 17.3. The van der Waals surface area contributed by atoms with Gasteiger partial charge in [0.2, 0.25) is 5.91 Å². The summed E-state index contributed by atoms with van der Waals surface area (Å²) in [4.78, 5) is 25.9. The molecule has 0 bridgehead atoms. The van der Waals surface area contributed by atoms with Crippen molar-refractivity contribution >= 4 is 17.5 Å². The van der Waals surface area contributed by atoms with Gasteiger partial charge in [-0.2, -0.15) is 0 Å². The van der Waals surface area contributed by atoms with Crippen LogP contribution in [0.1, 0.15) is 16.8 Å². The second-order valence-electron chi connectivity index (χ2n) is 5.41. The average molecular weight is 334 g/mol. The van der Waals surface area contributed by atoms with Crippen molar-refractivity contribution in [3.05, 3.63) is 65.5 Å². The molecular formula is C17H13F3N2O2. The fraction of sp³-hybridized carbons (Fsp3) is 0.176. The monoisotopic (exact) mass is 334 g/mol. The van der Waals surface area contributed by atoms with Gasteiger partial charge in [-0.05, 0) is 42.8 Å². The Morgan fingerprint density at radius 1 is 1.04 bits per heavy atom. The molecule has 0 saturated carbocycles. The van der Waals surface area contributed by atoms with E-state index in [9.17, 15) is 22.8 Å². The van der Waals surface area contributed by atoms with Gasteiger partial charge in [0.15, 0.2) is 0 Å². The number of halogens is 3. The Morgan fingerprint density at radius 3 is 2.38 bits per heavy atom. The number of hydrogen-bond acceptors (Lipinski definition) is 2. The fourth-order valence-electron chi connectivity index (χ4n) is 2.60. The van der Waals surface area contributed by atoms with E-state index >= 15 is 0 Å². The highest BCUT2D eigenvalue weighted by Crippen LogP contribution is 2.22. The topological polar surface area (TPSA) is 49.4 Å². The number of nitrogens with one attached hydrogen (secondary N) is 1. The van der Waals surface area contributed by atoms with Crippen LogP contribution in [-0.2, 0) is 4.79 Å². The molecule has 1 N–H and O–H groups in total. The van der Waals surface area contributed by atoms with Crippen molar-refractivity contribution in [1.29, 1.82) is 0 Å². The van der Waals surface area contributed by atoms with Crippen LogP contribution in [0.2, 0.25) is 0 Å². The maximum absolute atomic E-state index is 13.6. The van der Waals surface area contributed by atoms with Crippen LogP contribution in [0, 0.1) is 17.5 Å². The first-order chi connectivity index (χ1) is 11.5. The number of anilines is 1. The summed E-state index contributed by atoms with van der Waals surface area (Å²) in [7, 11) is 0. The molecule has 124 valence electrons. The molecule has 1 atom stereocenters. The highest BCUT2D eigenvalue weighted by Gasteiger charge is 2.34. The Kier molecular flexibility index (Phi) is 4.24. The lowest BCUT2D eigenvalue weighted by Gasteiger charge is -2.17. The molecule has 2 aromatic carbocycles. The third-order valence-electron chi connectivity index (χ3n) is 3.82. The largest absolute Gasteiger partial charge is 0.340 e. The highest BCUT2D eigenvalue weighted by atomic mass is 19.1. The van der Waals surface area contributed by atoms with Gasteiger partial charge in [-0.3, -0.25) is 9.59 Å². The molecule has 0 aliphatic carbocycles. The maximum Gasteiger partial charge on any atom is 0.254 e. The van der Waals surface area contributed by atoms with Gasteiger partial charge in [-0.15, -0.1) is 0 Å². The van der Waals surface area contributed by atoms with E-state index < -0.39 is 29.4 Å².